The molecule has 3 heteroatoms. The van der Waals surface area contributed by atoms with Crippen LogP contribution in [0.1, 0.15) is 32.9 Å². The number of rotatable bonds is 4. The molecule has 2 nitrogen and oxygen atoms in total. The second-order valence-electron chi connectivity index (χ2n) is 5.02. The first-order valence-electron chi connectivity index (χ1n) is 5.57. The molecule has 90 valence electrons. The summed E-state index contributed by atoms with van der Waals surface area (Å²) in [4.78, 5) is 4.85. The first kappa shape index (κ1) is 13.5. The van der Waals surface area contributed by atoms with Crippen molar-refractivity contribution in [2.45, 2.75) is 38.4 Å². The van der Waals surface area contributed by atoms with Gasteiger partial charge in [-0.25, -0.2) is 0 Å². The summed E-state index contributed by atoms with van der Waals surface area (Å²) in [7, 11) is 1.69. The van der Waals surface area contributed by atoms with Gasteiger partial charge in [0.1, 0.15) is 5.75 Å². The second kappa shape index (κ2) is 5.67. The third-order valence-electron chi connectivity index (χ3n) is 2.64. The molecule has 0 N–H and O–H groups in total. The highest BCUT2D eigenvalue weighted by atomic mass is 79.9. The topological polar surface area (TPSA) is 22.1 Å². The minimum atomic E-state index is 0.280. The van der Waals surface area contributed by atoms with Crippen molar-refractivity contribution in [2.24, 2.45) is 5.41 Å². The first-order valence-corrected chi connectivity index (χ1v) is 6.48. The molecular weight excluding hydrogens is 266 g/mol. The molecule has 1 rings (SSSR count). The van der Waals surface area contributed by atoms with Crippen LogP contribution in [0.3, 0.4) is 0 Å². The fourth-order valence-electron chi connectivity index (χ4n) is 1.49. The maximum Gasteiger partial charge on any atom is 0.140 e. The zero-order chi connectivity index (χ0) is 12.2. The lowest BCUT2D eigenvalue weighted by Gasteiger charge is -2.25. The Balaban J connectivity index is 2.61. The van der Waals surface area contributed by atoms with E-state index in [9.17, 15) is 0 Å². The lowest BCUT2D eigenvalue weighted by molar-refractivity contribution is 0.378. The van der Waals surface area contributed by atoms with Gasteiger partial charge < -0.3 is 4.74 Å². The largest absolute Gasteiger partial charge is 0.495 e. The number of pyridine rings is 1. The molecule has 1 aromatic heterocycles. The molecule has 0 aliphatic carbocycles. The molecule has 1 heterocycles. The summed E-state index contributed by atoms with van der Waals surface area (Å²) in [6.07, 6.45) is 3.83. The van der Waals surface area contributed by atoms with E-state index in [1.54, 1.807) is 7.11 Å². The minimum absolute atomic E-state index is 0.280. The van der Waals surface area contributed by atoms with Crippen molar-refractivity contribution in [3.63, 3.8) is 0 Å². The highest BCUT2D eigenvalue weighted by Gasteiger charge is 2.21. The summed E-state index contributed by atoms with van der Waals surface area (Å²) in [6, 6.07) is 3.86. The molecule has 16 heavy (non-hydrogen) atoms. The first-order chi connectivity index (χ1) is 7.45. The van der Waals surface area contributed by atoms with E-state index in [4.69, 9.17) is 4.74 Å². The number of alkyl halides is 1. The summed E-state index contributed by atoms with van der Waals surface area (Å²) in [6.45, 7) is 6.71. The number of halogens is 1. The van der Waals surface area contributed by atoms with E-state index in [0.717, 1.165) is 24.3 Å². The van der Waals surface area contributed by atoms with Crippen LogP contribution in [0.25, 0.3) is 0 Å². The Kier molecular flexibility index (Phi) is 4.78. The van der Waals surface area contributed by atoms with E-state index in [1.807, 2.05) is 18.3 Å². The van der Waals surface area contributed by atoms with E-state index in [0.29, 0.717) is 4.83 Å². The summed E-state index contributed by atoms with van der Waals surface area (Å²) < 4.78 is 5.29. The molecule has 0 aliphatic heterocycles. The average Bonchev–Trinajstić information content (AvgIpc) is 2.24. The van der Waals surface area contributed by atoms with E-state index in [2.05, 4.69) is 41.7 Å². The summed E-state index contributed by atoms with van der Waals surface area (Å²) in [5.41, 5.74) is 1.32. The standard InChI is InChI=1S/C13H20BrNO/c1-13(2,3)12(14)8-7-10-11(16-4)6-5-9-15-10/h5-6,9,12H,7-8H2,1-4H3. The Hall–Kier alpha value is -0.570. The van der Waals surface area contributed by atoms with E-state index >= 15 is 0 Å². The van der Waals surface area contributed by atoms with Crippen LogP contribution in [-0.2, 0) is 6.42 Å². The number of hydrogen-bond donors (Lipinski definition) is 0. The van der Waals surface area contributed by atoms with Crippen molar-refractivity contribution in [1.82, 2.24) is 4.98 Å². The predicted molar refractivity (Wildman–Crippen MR) is 71.3 cm³/mol. The van der Waals surface area contributed by atoms with Gasteiger partial charge in [0.2, 0.25) is 0 Å². The molecular formula is C13H20BrNO. The molecule has 1 aromatic rings. The molecule has 1 unspecified atom stereocenters. The zero-order valence-corrected chi connectivity index (χ0v) is 12.0. The van der Waals surface area contributed by atoms with Crippen molar-refractivity contribution in [2.75, 3.05) is 7.11 Å². The molecule has 0 radical (unpaired) electrons. The number of nitrogens with zero attached hydrogens (tertiary/aromatic N) is 1. The van der Waals surface area contributed by atoms with Gasteiger partial charge in [-0.15, -0.1) is 0 Å². The Morgan fingerprint density at radius 1 is 1.44 bits per heavy atom. The van der Waals surface area contributed by atoms with Crippen LogP contribution in [-0.4, -0.2) is 16.9 Å². The molecule has 0 bridgehead atoms. The Morgan fingerprint density at radius 2 is 2.12 bits per heavy atom. The molecule has 0 saturated carbocycles. The van der Waals surface area contributed by atoms with E-state index < -0.39 is 0 Å². The summed E-state index contributed by atoms with van der Waals surface area (Å²) >= 11 is 3.73. The lowest BCUT2D eigenvalue weighted by Crippen LogP contribution is -2.20. The molecule has 0 aliphatic rings. The number of aromatic nitrogens is 1. The molecule has 0 spiro atoms. The quantitative estimate of drug-likeness (QED) is 0.785. The van der Waals surface area contributed by atoms with Gasteiger partial charge in [0, 0.05) is 11.0 Å². The van der Waals surface area contributed by atoms with E-state index in [-0.39, 0.29) is 5.41 Å². The van der Waals surface area contributed by atoms with Crippen LogP contribution >= 0.6 is 15.9 Å². The zero-order valence-electron chi connectivity index (χ0n) is 10.5. The molecule has 0 saturated heterocycles. The molecule has 0 fully saturated rings. The van der Waals surface area contributed by atoms with Crippen molar-refractivity contribution in [3.05, 3.63) is 24.0 Å². The van der Waals surface area contributed by atoms with Gasteiger partial charge >= 0.3 is 0 Å². The number of hydrogen-bond acceptors (Lipinski definition) is 2. The smallest absolute Gasteiger partial charge is 0.140 e. The number of methoxy groups -OCH3 is 1. The maximum atomic E-state index is 5.29. The number of ether oxygens (including phenoxy) is 1. The Bertz CT molecular complexity index is 333. The van der Waals surface area contributed by atoms with Gasteiger partial charge in [-0.1, -0.05) is 36.7 Å². The fraction of sp³-hybridized carbons (Fsp3) is 0.615. The van der Waals surface area contributed by atoms with Crippen LogP contribution in [0.2, 0.25) is 0 Å². The van der Waals surface area contributed by atoms with Crippen LogP contribution in [0.15, 0.2) is 18.3 Å². The summed E-state index contributed by atoms with van der Waals surface area (Å²) in [5, 5.41) is 0. The minimum Gasteiger partial charge on any atom is -0.495 e. The van der Waals surface area contributed by atoms with Crippen LogP contribution in [0, 0.1) is 5.41 Å². The van der Waals surface area contributed by atoms with Crippen LogP contribution < -0.4 is 4.74 Å². The highest BCUT2D eigenvalue weighted by molar-refractivity contribution is 9.09. The maximum absolute atomic E-state index is 5.29. The highest BCUT2D eigenvalue weighted by Crippen LogP contribution is 2.30. The van der Waals surface area contributed by atoms with Gasteiger partial charge in [-0.2, -0.15) is 0 Å². The van der Waals surface area contributed by atoms with Gasteiger partial charge in [0.05, 0.1) is 12.8 Å². The van der Waals surface area contributed by atoms with Gasteiger partial charge in [0.25, 0.3) is 0 Å². The fourth-order valence-corrected chi connectivity index (χ4v) is 1.72. The summed E-state index contributed by atoms with van der Waals surface area (Å²) in [5.74, 6) is 0.885. The van der Waals surface area contributed by atoms with Crippen molar-refractivity contribution < 1.29 is 4.74 Å². The van der Waals surface area contributed by atoms with Gasteiger partial charge in [-0.05, 0) is 30.4 Å². The lowest BCUT2D eigenvalue weighted by atomic mass is 9.89. The third-order valence-corrected chi connectivity index (χ3v) is 4.47. The Labute approximate surface area is 107 Å². The van der Waals surface area contributed by atoms with Gasteiger partial charge in [0.15, 0.2) is 0 Å². The Morgan fingerprint density at radius 3 is 2.69 bits per heavy atom. The van der Waals surface area contributed by atoms with Gasteiger partial charge in [-0.3, -0.25) is 4.98 Å². The normalized spacial score (nSPS) is 13.6. The molecule has 0 amide bonds. The van der Waals surface area contributed by atoms with E-state index in [1.165, 1.54) is 0 Å². The molecule has 1 atom stereocenters. The second-order valence-corrected chi connectivity index (χ2v) is 6.13. The number of aryl methyl sites for hydroxylation is 1. The average molecular weight is 286 g/mol. The van der Waals surface area contributed by atoms with Crippen LogP contribution in [0.4, 0.5) is 0 Å². The monoisotopic (exact) mass is 285 g/mol. The van der Waals surface area contributed by atoms with Crippen molar-refractivity contribution >= 4 is 15.9 Å². The third kappa shape index (κ3) is 3.78. The van der Waals surface area contributed by atoms with Crippen molar-refractivity contribution in [1.29, 1.82) is 0 Å². The van der Waals surface area contributed by atoms with Crippen molar-refractivity contribution in [3.8, 4) is 5.75 Å². The predicted octanol–water partition coefficient (Wildman–Crippen LogP) is 3.83. The van der Waals surface area contributed by atoms with Crippen LogP contribution in [0.5, 0.6) is 5.75 Å². The SMILES string of the molecule is COc1cccnc1CCC(Br)C(C)(C)C. The molecule has 0 aromatic carbocycles.